The van der Waals surface area contributed by atoms with Crippen LogP contribution < -0.4 is 0 Å². The molecule has 5 nitrogen and oxygen atoms in total. The van der Waals surface area contributed by atoms with Crippen LogP contribution in [0.15, 0.2) is 18.2 Å². The maximum Gasteiger partial charge on any atom is 0.338 e. The molecule has 0 saturated carbocycles. The third kappa shape index (κ3) is 3.70. The van der Waals surface area contributed by atoms with Gasteiger partial charge in [0.1, 0.15) is 5.02 Å². The lowest BCUT2D eigenvalue weighted by atomic mass is 10.2. The first-order valence-corrected chi connectivity index (χ1v) is 5.98. The smallest absolute Gasteiger partial charge is 0.338 e. The van der Waals surface area contributed by atoms with Gasteiger partial charge in [-0.3, -0.25) is 10.1 Å². The van der Waals surface area contributed by atoms with Gasteiger partial charge in [-0.1, -0.05) is 24.9 Å². The summed E-state index contributed by atoms with van der Waals surface area (Å²) in [6.07, 6.45) is 1.50. The topological polar surface area (TPSA) is 69.4 Å². The molecule has 0 amide bonds. The van der Waals surface area contributed by atoms with E-state index in [0.29, 0.717) is 0 Å². The summed E-state index contributed by atoms with van der Waals surface area (Å²) in [6, 6.07) is 3.79. The van der Waals surface area contributed by atoms with Gasteiger partial charge in [-0.05, 0) is 25.5 Å². The largest absolute Gasteiger partial charge is 0.459 e. The Labute approximate surface area is 110 Å². The third-order valence-electron chi connectivity index (χ3n) is 2.38. The summed E-state index contributed by atoms with van der Waals surface area (Å²) in [5.74, 6) is -0.521. The van der Waals surface area contributed by atoms with Crippen LogP contribution >= 0.6 is 11.6 Å². The number of nitro benzene ring substituents is 1. The van der Waals surface area contributed by atoms with Crippen LogP contribution in [0.4, 0.5) is 5.69 Å². The first kappa shape index (κ1) is 14.4. The predicted octanol–water partition coefficient (Wildman–Crippen LogP) is 3.59. The van der Waals surface area contributed by atoms with E-state index in [1.165, 1.54) is 18.2 Å². The Balaban J connectivity index is 2.81. The Morgan fingerprint density at radius 1 is 1.56 bits per heavy atom. The van der Waals surface area contributed by atoms with Crippen molar-refractivity contribution < 1.29 is 14.5 Å². The van der Waals surface area contributed by atoms with Gasteiger partial charge in [0.15, 0.2) is 0 Å². The molecule has 0 fully saturated rings. The normalized spacial score (nSPS) is 11.9. The Hall–Kier alpha value is -1.62. The number of rotatable bonds is 5. The molecule has 0 radical (unpaired) electrons. The second-order valence-corrected chi connectivity index (χ2v) is 4.34. The van der Waals surface area contributed by atoms with E-state index in [1.807, 2.05) is 6.92 Å². The molecular weight excluding hydrogens is 258 g/mol. The number of nitrogens with zero attached hydrogens (tertiary/aromatic N) is 1. The molecule has 0 bridgehead atoms. The van der Waals surface area contributed by atoms with Gasteiger partial charge in [-0.2, -0.15) is 0 Å². The van der Waals surface area contributed by atoms with Crippen molar-refractivity contribution in [3.63, 3.8) is 0 Å². The lowest BCUT2D eigenvalue weighted by Gasteiger charge is -2.12. The zero-order chi connectivity index (χ0) is 13.7. The van der Waals surface area contributed by atoms with Crippen molar-refractivity contribution in [3.8, 4) is 0 Å². The van der Waals surface area contributed by atoms with Crippen LogP contribution in [0.25, 0.3) is 0 Å². The molecule has 1 atom stereocenters. The average molecular weight is 272 g/mol. The Bertz CT molecular complexity index is 461. The molecule has 6 heteroatoms. The molecule has 0 aliphatic heterocycles. The van der Waals surface area contributed by atoms with Crippen molar-refractivity contribution >= 4 is 23.3 Å². The summed E-state index contributed by atoms with van der Waals surface area (Å²) in [6.45, 7) is 3.79. The summed E-state index contributed by atoms with van der Waals surface area (Å²) in [5.41, 5.74) is -0.0108. The summed E-state index contributed by atoms with van der Waals surface area (Å²) >= 11 is 5.72. The molecule has 18 heavy (non-hydrogen) atoms. The van der Waals surface area contributed by atoms with Gasteiger partial charge in [-0.25, -0.2) is 4.79 Å². The lowest BCUT2D eigenvalue weighted by molar-refractivity contribution is -0.384. The Morgan fingerprint density at radius 3 is 2.72 bits per heavy atom. The maximum absolute atomic E-state index is 11.7. The number of halogens is 1. The standard InChI is InChI=1S/C12H14ClNO4/c1-3-4-8(2)18-12(15)9-5-6-11(14(16)17)10(13)7-9/h5-8H,3-4H2,1-2H3. The summed E-state index contributed by atoms with van der Waals surface area (Å²) in [7, 11) is 0. The highest BCUT2D eigenvalue weighted by atomic mass is 35.5. The number of esters is 1. The van der Waals surface area contributed by atoms with E-state index in [4.69, 9.17) is 16.3 Å². The van der Waals surface area contributed by atoms with Crippen LogP contribution in [0.1, 0.15) is 37.0 Å². The van der Waals surface area contributed by atoms with Crippen molar-refractivity contribution in [2.24, 2.45) is 0 Å². The molecule has 0 aliphatic carbocycles. The molecule has 1 unspecified atom stereocenters. The summed E-state index contributed by atoms with van der Waals surface area (Å²) in [5, 5.41) is 10.5. The van der Waals surface area contributed by atoms with Crippen molar-refractivity contribution in [1.29, 1.82) is 0 Å². The molecule has 98 valence electrons. The van der Waals surface area contributed by atoms with Crippen LogP contribution in [0.3, 0.4) is 0 Å². The van der Waals surface area contributed by atoms with Crippen molar-refractivity contribution in [3.05, 3.63) is 38.9 Å². The second-order valence-electron chi connectivity index (χ2n) is 3.93. The molecule has 1 rings (SSSR count). The maximum atomic E-state index is 11.7. The monoisotopic (exact) mass is 271 g/mol. The van der Waals surface area contributed by atoms with Crippen LogP contribution in [-0.4, -0.2) is 17.0 Å². The van der Waals surface area contributed by atoms with Crippen molar-refractivity contribution in [2.75, 3.05) is 0 Å². The minimum Gasteiger partial charge on any atom is -0.459 e. The highest BCUT2D eigenvalue weighted by Gasteiger charge is 2.17. The highest BCUT2D eigenvalue weighted by Crippen LogP contribution is 2.25. The minimum atomic E-state index is -0.600. The number of ether oxygens (including phenoxy) is 1. The number of carbonyl (C=O) groups is 1. The minimum absolute atomic E-state index is 0.0717. The fourth-order valence-electron chi connectivity index (χ4n) is 1.50. The molecular formula is C12H14ClNO4. The number of benzene rings is 1. The van der Waals surface area contributed by atoms with E-state index in [2.05, 4.69) is 0 Å². The van der Waals surface area contributed by atoms with Gasteiger partial charge >= 0.3 is 5.97 Å². The summed E-state index contributed by atoms with van der Waals surface area (Å²) < 4.78 is 5.16. The average Bonchev–Trinajstić information content (AvgIpc) is 2.28. The van der Waals surface area contributed by atoms with Crippen LogP contribution in [-0.2, 0) is 4.74 Å². The third-order valence-corrected chi connectivity index (χ3v) is 2.69. The molecule has 0 aliphatic rings. The molecule has 0 saturated heterocycles. The van der Waals surface area contributed by atoms with Crippen LogP contribution in [0.2, 0.25) is 5.02 Å². The number of nitro groups is 1. The predicted molar refractivity (Wildman–Crippen MR) is 67.9 cm³/mol. The van der Waals surface area contributed by atoms with E-state index in [9.17, 15) is 14.9 Å². The SMILES string of the molecule is CCCC(C)OC(=O)c1ccc([N+](=O)[O-])c(Cl)c1. The molecule has 0 aromatic heterocycles. The van der Waals surface area contributed by atoms with Gasteiger partial charge in [0.05, 0.1) is 16.6 Å². The fraction of sp³-hybridized carbons (Fsp3) is 0.417. The second kappa shape index (κ2) is 6.35. The molecule has 0 heterocycles. The van der Waals surface area contributed by atoms with E-state index in [0.717, 1.165) is 12.8 Å². The first-order valence-electron chi connectivity index (χ1n) is 5.60. The van der Waals surface area contributed by atoms with E-state index >= 15 is 0 Å². The lowest BCUT2D eigenvalue weighted by Crippen LogP contribution is -2.14. The highest BCUT2D eigenvalue weighted by molar-refractivity contribution is 6.33. The molecule has 1 aromatic rings. The van der Waals surface area contributed by atoms with Gasteiger partial charge < -0.3 is 4.74 Å². The molecule has 0 spiro atoms. The summed E-state index contributed by atoms with van der Waals surface area (Å²) in [4.78, 5) is 21.7. The number of hydrogen-bond acceptors (Lipinski definition) is 4. The number of hydrogen-bond donors (Lipinski definition) is 0. The zero-order valence-electron chi connectivity index (χ0n) is 10.2. The van der Waals surface area contributed by atoms with Crippen molar-refractivity contribution in [1.82, 2.24) is 0 Å². The van der Waals surface area contributed by atoms with E-state index in [-0.39, 0.29) is 22.4 Å². The number of carbonyl (C=O) groups excluding carboxylic acids is 1. The fourth-order valence-corrected chi connectivity index (χ4v) is 1.75. The zero-order valence-corrected chi connectivity index (χ0v) is 10.9. The van der Waals surface area contributed by atoms with Gasteiger partial charge in [0.25, 0.3) is 5.69 Å². The quantitative estimate of drug-likeness (QED) is 0.466. The Morgan fingerprint density at radius 2 is 2.22 bits per heavy atom. The van der Waals surface area contributed by atoms with E-state index in [1.54, 1.807) is 6.92 Å². The van der Waals surface area contributed by atoms with Crippen LogP contribution in [0.5, 0.6) is 0 Å². The van der Waals surface area contributed by atoms with Gasteiger partial charge in [0, 0.05) is 6.07 Å². The molecule has 1 aromatic carbocycles. The van der Waals surface area contributed by atoms with Crippen molar-refractivity contribution in [2.45, 2.75) is 32.8 Å². The van der Waals surface area contributed by atoms with Gasteiger partial charge in [-0.15, -0.1) is 0 Å². The Kier molecular flexibility index (Phi) is 5.09. The molecule has 0 N–H and O–H groups in total. The van der Waals surface area contributed by atoms with E-state index < -0.39 is 10.9 Å². The van der Waals surface area contributed by atoms with Gasteiger partial charge in [0.2, 0.25) is 0 Å². The van der Waals surface area contributed by atoms with Crippen LogP contribution in [0, 0.1) is 10.1 Å². The first-order chi connectivity index (χ1) is 8.45.